The lowest BCUT2D eigenvalue weighted by atomic mass is 10.1. The molecule has 2 aromatic heterocycles. The van der Waals surface area contributed by atoms with Crippen molar-refractivity contribution in [2.24, 2.45) is 0 Å². The van der Waals surface area contributed by atoms with Crippen molar-refractivity contribution in [3.8, 4) is 11.4 Å². The van der Waals surface area contributed by atoms with Crippen molar-refractivity contribution in [3.05, 3.63) is 69.6 Å². The van der Waals surface area contributed by atoms with Crippen molar-refractivity contribution in [1.82, 2.24) is 14.8 Å². The van der Waals surface area contributed by atoms with Gasteiger partial charge in [-0.15, -0.1) is 16.8 Å². The van der Waals surface area contributed by atoms with Crippen molar-refractivity contribution in [3.63, 3.8) is 0 Å². The standard InChI is InChI=1S/C17H16N4O2S2/c1-3-7-20-16(14-6-4-5-12(2)8-14)18-19-17(20)25-11-13-9-15(21(22)23)24-10-13/h3-6,8-10H,1,7,11H2,2H3. The Balaban J connectivity index is 1.83. The van der Waals surface area contributed by atoms with Crippen LogP contribution in [-0.2, 0) is 12.3 Å². The van der Waals surface area contributed by atoms with Gasteiger partial charge in [0.1, 0.15) is 0 Å². The van der Waals surface area contributed by atoms with E-state index in [9.17, 15) is 10.1 Å². The molecule has 2 heterocycles. The van der Waals surface area contributed by atoms with Gasteiger partial charge < -0.3 is 0 Å². The molecule has 0 saturated carbocycles. The van der Waals surface area contributed by atoms with E-state index in [0.717, 1.165) is 39.0 Å². The smallest absolute Gasteiger partial charge is 0.298 e. The molecule has 0 fully saturated rings. The Morgan fingerprint density at radius 1 is 1.40 bits per heavy atom. The molecule has 0 radical (unpaired) electrons. The highest BCUT2D eigenvalue weighted by molar-refractivity contribution is 7.98. The molecule has 6 nitrogen and oxygen atoms in total. The van der Waals surface area contributed by atoms with E-state index in [1.165, 1.54) is 11.8 Å². The van der Waals surface area contributed by atoms with Crippen LogP contribution in [0.4, 0.5) is 5.00 Å². The molecule has 8 heteroatoms. The summed E-state index contributed by atoms with van der Waals surface area (Å²) in [5.74, 6) is 1.40. The molecule has 1 aromatic carbocycles. The van der Waals surface area contributed by atoms with Gasteiger partial charge in [-0.3, -0.25) is 14.7 Å². The Hall–Kier alpha value is -2.45. The molecule has 0 atom stereocenters. The fraction of sp³-hybridized carbons (Fsp3) is 0.176. The highest BCUT2D eigenvalue weighted by atomic mass is 32.2. The number of thioether (sulfide) groups is 1. The van der Waals surface area contributed by atoms with Crippen molar-refractivity contribution in [2.75, 3.05) is 0 Å². The zero-order chi connectivity index (χ0) is 17.8. The Kier molecular flexibility index (Phi) is 5.30. The second-order valence-corrected chi connectivity index (χ2v) is 7.25. The molecular weight excluding hydrogens is 356 g/mol. The minimum atomic E-state index is -0.366. The maximum atomic E-state index is 10.8. The first-order valence-electron chi connectivity index (χ1n) is 7.54. The summed E-state index contributed by atoms with van der Waals surface area (Å²) in [7, 11) is 0. The Morgan fingerprint density at radius 3 is 2.92 bits per heavy atom. The topological polar surface area (TPSA) is 73.8 Å². The third-order valence-electron chi connectivity index (χ3n) is 3.49. The summed E-state index contributed by atoms with van der Waals surface area (Å²) in [6.07, 6.45) is 1.81. The van der Waals surface area contributed by atoms with E-state index in [2.05, 4.69) is 22.8 Å². The first-order chi connectivity index (χ1) is 12.1. The van der Waals surface area contributed by atoms with Gasteiger partial charge in [-0.1, -0.05) is 52.9 Å². The minimum absolute atomic E-state index is 0.156. The van der Waals surface area contributed by atoms with Crippen LogP contribution in [0.5, 0.6) is 0 Å². The number of rotatable bonds is 7. The lowest BCUT2D eigenvalue weighted by Gasteiger charge is -2.08. The summed E-state index contributed by atoms with van der Waals surface area (Å²) in [6, 6.07) is 9.71. The van der Waals surface area contributed by atoms with Gasteiger partial charge in [0, 0.05) is 29.3 Å². The zero-order valence-corrected chi connectivity index (χ0v) is 15.2. The summed E-state index contributed by atoms with van der Waals surface area (Å²) in [4.78, 5) is 10.4. The molecule has 3 rings (SSSR count). The maximum Gasteiger partial charge on any atom is 0.324 e. The van der Waals surface area contributed by atoms with E-state index in [1.807, 2.05) is 35.8 Å². The predicted octanol–water partition coefficient (Wildman–Crippen LogP) is 4.70. The van der Waals surface area contributed by atoms with Crippen molar-refractivity contribution >= 4 is 28.1 Å². The van der Waals surface area contributed by atoms with E-state index in [-0.39, 0.29) is 9.92 Å². The average Bonchev–Trinajstić information content (AvgIpc) is 3.20. The maximum absolute atomic E-state index is 10.8. The summed E-state index contributed by atoms with van der Waals surface area (Å²) in [5.41, 5.74) is 3.07. The van der Waals surface area contributed by atoms with Crippen LogP contribution in [-0.4, -0.2) is 19.7 Å². The van der Waals surface area contributed by atoms with E-state index in [4.69, 9.17) is 0 Å². The summed E-state index contributed by atoms with van der Waals surface area (Å²) in [6.45, 7) is 6.45. The molecule has 0 saturated heterocycles. The Labute approximate surface area is 153 Å². The van der Waals surface area contributed by atoms with Crippen LogP contribution in [0.2, 0.25) is 0 Å². The van der Waals surface area contributed by atoms with E-state index >= 15 is 0 Å². The third-order valence-corrected chi connectivity index (χ3v) is 5.46. The largest absolute Gasteiger partial charge is 0.324 e. The average molecular weight is 372 g/mol. The van der Waals surface area contributed by atoms with E-state index < -0.39 is 0 Å². The van der Waals surface area contributed by atoms with E-state index in [0.29, 0.717) is 12.3 Å². The number of nitrogens with zero attached hydrogens (tertiary/aromatic N) is 4. The highest BCUT2D eigenvalue weighted by Gasteiger charge is 2.15. The molecule has 0 aliphatic carbocycles. The lowest BCUT2D eigenvalue weighted by Crippen LogP contribution is -2.00. The van der Waals surface area contributed by atoms with Gasteiger partial charge in [0.25, 0.3) is 0 Å². The molecule has 0 N–H and O–H groups in total. The molecule has 0 unspecified atom stereocenters. The van der Waals surface area contributed by atoms with Gasteiger partial charge in [-0.05, 0) is 18.6 Å². The van der Waals surface area contributed by atoms with Crippen molar-refractivity contribution < 1.29 is 4.92 Å². The van der Waals surface area contributed by atoms with Crippen LogP contribution in [0, 0.1) is 17.0 Å². The molecule has 0 aliphatic heterocycles. The quantitative estimate of drug-likeness (QED) is 0.260. The van der Waals surface area contributed by atoms with Crippen LogP contribution >= 0.6 is 23.1 Å². The molecule has 0 amide bonds. The normalized spacial score (nSPS) is 10.8. The number of hydrogen-bond donors (Lipinski definition) is 0. The predicted molar refractivity (Wildman–Crippen MR) is 101 cm³/mol. The molecular formula is C17H16N4O2S2. The number of hydrogen-bond acceptors (Lipinski definition) is 6. The van der Waals surface area contributed by atoms with Crippen LogP contribution < -0.4 is 0 Å². The Morgan fingerprint density at radius 2 is 2.24 bits per heavy atom. The van der Waals surface area contributed by atoms with Gasteiger partial charge >= 0.3 is 5.00 Å². The molecule has 3 aromatic rings. The van der Waals surface area contributed by atoms with Crippen LogP contribution in [0.3, 0.4) is 0 Å². The molecule has 0 spiro atoms. The summed E-state index contributed by atoms with van der Waals surface area (Å²) < 4.78 is 2.01. The molecule has 0 aliphatic rings. The SMILES string of the molecule is C=CCn1c(SCc2csc([N+](=O)[O-])c2)nnc1-c1cccc(C)c1. The fourth-order valence-electron chi connectivity index (χ4n) is 2.37. The van der Waals surface area contributed by atoms with Gasteiger partial charge in [-0.2, -0.15) is 0 Å². The number of aromatic nitrogens is 3. The first-order valence-corrected chi connectivity index (χ1v) is 9.40. The van der Waals surface area contributed by atoms with Crippen molar-refractivity contribution in [2.45, 2.75) is 24.4 Å². The second-order valence-electron chi connectivity index (χ2n) is 5.41. The van der Waals surface area contributed by atoms with Crippen LogP contribution in [0.25, 0.3) is 11.4 Å². The lowest BCUT2D eigenvalue weighted by molar-refractivity contribution is -0.380. The summed E-state index contributed by atoms with van der Waals surface area (Å²) in [5, 5.41) is 22.1. The van der Waals surface area contributed by atoms with Gasteiger partial charge in [0.15, 0.2) is 11.0 Å². The van der Waals surface area contributed by atoms with Gasteiger partial charge in [-0.25, -0.2) is 0 Å². The fourth-order valence-corrected chi connectivity index (χ4v) is 4.08. The number of allylic oxidation sites excluding steroid dienone is 1. The zero-order valence-electron chi connectivity index (χ0n) is 13.6. The Bertz CT molecular complexity index is 917. The number of aryl methyl sites for hydroxylation is 1. The van der Waals surface area contributed by atoms with Crippen molar-refractivity contribution in [1.29, 1.82) is 0 Å². The number of benzene rings is 1. The van der Waals surface area contributed by atoms with Gasteiger partial charge in [0.2, 0.25) is 0 Å². The number of nitro groups is 1. The van der Waals surface area contributed by atoms with Gasteiger partial charge in [0.05, 0.1) is 4.92 Å². The third kappa shape index (κ3) is 3.97. The molecule has 25 heavy (non-hydrogen) atoms. The molecule has 0 bridgehead atoms. The first kappa shape index (κ1) is 17.4. The monoisotopic (exact) mass is 372 g/mol. The molecule has 128 valence electrons. The number of thiophene rings is 1. The van der Waals surface area contributed by atoms with Crippen LogP contribution in [0.15, 0.2) is 53.5 Å². The van der Waals surface area contributed by atoms with Crippen LogP contribution in [0.1, 0.15) is 11.1 Å². The van der Waals surface area contributed by atoms with E-state index in [1.54, 1.807) is 11.4 Å². The minimum Gasteiger partial charge on any atom is -0.298 e. The highest BCUT2D eigenvalue weighted by Crippen LogP contribution is 2.30. The summed E-state index contributed by atoms with van der Waals surface area (Å²) >= 11 is 2.65. The second kappa shape index (κ2) is 7.62.